The molecule has 0 aliphatic carbocycles. The van der Waals surface area contributed by atoms with Crippen molar-refractivity contribution in [3.63, 3.8) is 0 Å². The van der Waals surface area contributed by atoms with Crippen molar-refractivity contribution in [1.82, 2.24) is 4.98 Å². The summed E-state index contributed by atoms with van der Waals surface area (Å²) in [6.07, 6.45) is -1.60. The zero-order valence-corrected chi connectivity index (χ0v) is 6.94. The molecule has 1 aromatic rings. The first-order chi connectivity index (χ1) is 5.54. The van der Waals surface area contributed by atoms with Gasteiger partial charge in [0.15, 0.2) is 5.75 Å². The van der Waals surface area contributed by atoms with Crippen LogP contribution in [0.3, 0.4) is 0 Å². The number of pyridine rings is 1. The van der Waals surface area contributed by atoms with Crippen molar-refractivity contribution in [2.24, 2.45) is 0 Å². The number of halogens is 3. The molecular formula is C7H6ClF2NO. The van der Waals surface area contributed by atoms with Gasteiger partial charge in [-0.1, -0.05) is 11.6 Å². The fourth-order valence-electron chi connectivity index (χ4n) is 0.743. The predicted molar refractivity (Wildman–Crippen MR) is 40.6 cm³/mol. The molecule has 0 saturated carbocycles. The van der Waals surface area contributed by atoms with Gasteiger partial charge in [-0.05, 0) is 12.5 Å². The van der Waals surface area contributed by atoms with E-state index in [9.17, 15) is 8.78 Å². The molecule has 1 heterocycles. The normalized spacial score (nSPS) is 10.8. The van der Waals surface area contributed by atoms with Gasteiger partial charge in [-0.15, -0.1) is 0 Å². The number of hydrogen-bond donors (Lipinski definition) is 1. The minimum Gasteiger partial charge on any atom is -0.504 e. The van der Waals surface area contributed by atoms with Gasteiger partial charge in [-0.25, -0.2) is 8.78 Å². The van der Waals surface area contributed by atoms with Gasteiger partial charge in [0.25, 0.3) is 6.43 Å². The first-order valence-corrected chi connectivity index (χ1v) is 3.54. The molecule has 0 bridgehead atoms. The largest absolute Gasteiger partial charge is 0.504 e. The van der Waals surface area contributed by atoms with Crippen LogP contribution in [-0.2, 0) is 0 Å². The highest BCUT2D eigenvalue weighted by Gasteiger charge is 2.17. The van der Waals surface area contributed by atoms with E-state index in [1.165, 1.54) is 6.20 Å². The van der Waals surface area contributed by atoms with Gasteiger partial charge < -0.3 is 5.11 Å². The Labute approximate surface area is 72.8 Å². The minimum absolute atomic E-state index is 0.0692. The lowest BCUT2D eigenvalue weighted by molar-refractivity contribution is 0.142. The molecule has 0 atom stereocenters. The van der Waals surface area contributed by atoms with Crippen molar-refractivity contribution in [3.05, 3.63) is 22.5 Å². The number of alkyl halides is 2. The van der Waals surface area contributed by atoms with Crippen LogP contribution < -0.4 is 0 Å². The Morgan fingerprint density at radius 3 is 2.67 bits per heavy atom. The van der Waals surface area contributed by atoms with Gasteiger partial charge in [0.05, 0.1) is 5.02 Å². The highest BCUT2D eigenvalue weighted by Crippen LogP contribution is 2.33. The molecule has 0 aliphatic rings. The molecule has 1 rings (SSSR count). The lowest BCUT2D eigenvalue weighted by Crippen LogP contribution is -1.92. The number of nitrogens with zero attached hydrogens (tertiary/aromatic N) is 1. The number of aromatic hydroxyl groups is 1. The maximum absolute atomic E-state index is 12.1. The van der Waals surface area contributed by atoms with E-state index in [0.717, 1.165) is 0 Å². The monoisotopic (exact) mass is 193 g/mol. The SMILES string of the molecule is Cc1cnc(C(F)F)c(O)c1Cl. The Bertz CT molecular complexity index is 304. The molecule has 0 spiro atoms. The molecule has 66 valence electrons. The van der Waals surface area contributed by atoms with Crippen molar-refractivity contribution in [1.29, 1.82) is 0 Å². The highest BCUT2D eigenvalue weighted by atomic mass is 35.5. The van der Waals surface area contributed by atoms with Crippen LogP contribution in [0.1, 0.15) is 17.7 Å². The van der Waals surface area contributed by atoms with Crippen LogP contribution in [0, 0.1) is 6.92 Å². The summed E-state index contributed by atoms with van der Waals surface area (Å²) in [5, 5.41) is 9.01. The van der Waals surface area contributed by atoms with E-state index in [1.807, 2.05) is 0 Å². The van der Waals surface area contributed by atoms with Gasteiger partial charge in [0, 0.05) is 6.20 Å². The smallest absolute Gasteiger partial charge is 0.284 e. The summed E-state index contributed by atoms with van der Waals surface area (Å²) >= 11 is 5.50. The fourth-order valence-corrected chi connectivity index (χ4v) is 0.889. The number of aromatic nitrogens is 1. The van der Waals surface area contributed by atoms with Crippen molar-refractivity contribution < 1.29 is 13.9 Å². The number of rotatable bonds is 1. The summed E-state index contributed by atoms with van der Waals surface area (Å²) in [7, 11) is 0. The summed E-state index contributed by atoms with van der Waals surface area (Å²) in [6, 6.07) is 0. The second kappa shape index (κ2) is 3.23. The van der Waals surface area contributed by atoms with Gasteiger partial charge in [-0.3, -0.25) is 4.98 Å². The Hall–Kier alpha value is -0.900. The molecule has 0 fully saturated rings. The Balaban J connectivity index is 3.27. The van der Waals surface area contributed by atoms with E-state index in [2.05, 4.69) is 4.98 Å². The maximum atomic E-state index is 12.1. The number of aryl methyl sites for hydroxylation is 1. The van der Waals surface area contributed by atoms with E-state index in [1.54, 1.807) is 6.92 Å². The standard InChI is InChI=1S/C7H6ClF2NO/c1-3-2-11-5(7(9)10)6(12)4(3)8/h2,7,12H,1H3. The van der Waals surface area contributed by atoms with Gasteiger partial charge in [0.1, 0.15) is 5.69 Å². The topological polar surface area (TPSA) is 33.1 Å². The third kappa shape index (κ3) is 1.48. The maximum Gasteiger partial charge on any atom is 0.284 e. The van der Waals surface area contributed by atoms with Crippen LogP contribution in [0.2, 0.25) is 5.02 Å². The second-order valence-electron chi connectivity index (χ2n) is 2.29. The van der Waals surface area contributed by atoms with E-state index >= 15 is 0 Å². The third-order valence-corrected chi connectivity index (χ3v) is 1.88. The molecule has 1 N–H and O–H groups in total. The van der Waals surface area contributed by atoms with Gasteiger partial charge in [0.2, 0.25) is 0 Å². The van der Waals surface area contributed by atoms with E-state index in [0.29, 0.717) is 5.56 Å². The summed E-state index contributed by atoms with van der Waals surface area (Å²) in [5.74, 6) is -0.633. The average molecular weight is 194 g/mol. The third-order valence-electron chi connectivity index (χ3n) is 1.40. The first-order valence-electron chi connectivity index (χ1n) is 3.16. The Morgan fingerprint density at radius 2 is 2.17 bits per heavy atom. The summed E-state index contributed by atoms with van der Waals surface area (Å²) in [6.45, 7) is 1.57. The highest BCUT2D eigenvalue weighted by molar-refractivity contribution is 6.32. The van der Waals surface area contributed by atoms with E-state index < -0.39 is 17.9 Å². The average Bonchev–Trinajstić information content (AvgIpc) is 2.00. The van der Waals surface area contributed by atoms with E-state index in [-0.39, 0.29) is 5.02 Å². The van der Waals surface area contributed by atoms with Crippen LogP contribution >= 0.6 is 11.6 Å². The first kappa shape index (κ1) is 9.19. The molecule has 0 radical (unpaired) electrons. The molecule has 0 aromatic carbocycles. The van der Waals surface area contributed by atoms with Crippen LogP contribution in [-0.4, -0.2) is 10.1 Å². The fraction of sp³-hybridized carbons (Fsp3) is 0.286. The quantitative estimate of drug-likeness (QED) is 0.744. The molecule has 0 unspecified atom stereocenters. The van der Waals surface area contributed by atoms with Crippen molar-refractivity contribution in [3.8, 4) is 5.75 Å². The Kier molecular flexibility index (Phi) is 2.47. The molecule has 0 saturated heterocycles. The zero-order valence-electron chi connectivity index (χ0n) is 6.18. The second-order valence-corrected chi connectivity index (χ2v) is 2.67. The van der Waals surface area contributed by atoms with Crippen molar-refractivity contribution >= 4 is 11.6 Å². The van der Waals surface area contributed by atoms with Crippen LogP contribution in [0.25, 0.3) is 0 Å². The van der Waals surface area contributed by atoms with Crippen molar-refractivity contribution in [2.45, 2.75) is 13.3 Å². The lowest BCUT2D eigenvalue weighted by atomic mass is 10.2. The molecule has 2 nitrogen and oxygen atoms in total. The molecule has 5 heteroatoms. The summed E-state index contributed by atoms with van der Waals surface area (Å²) < 4.78 is 24.1. The molecule has 1 aromatic heterocycles. The molecule has 12 heavy (non-hydrogen) atoms. The number of hydrogen-bond acceptors (Lipinski definition) is 2. The molecular weight excluding hydrogens is 188 g/mol. The molecule has 0 aliphatic heterocycles. The summed E-state index contributed by atoms with van der Waals surface area (Å²) in [4.78, 5) is 3.35. The van der Waals surface area contributed by atoms with Crippen molar-refractivity contribution in [2.75, 3.05) is 0 Å². The van der Waals surface area contributed by atoms with Crippen LogP contribution in [0.15, 0.2) is 6.20 Å². The van der Waals surface area contributed by atoms with Crippen LogP contribution in [0.5, 0.6) is 5.75 Å². The van der Waals surface area contributed by atoms with Crippen LogP contribution in [0.4, 0.5) is 8.78 Å². The van der Waals surface area contributed by atoms with Gasteiger partial charge >= 0.3 is 0 Å². The zero-order chi connectivity index (χ0) is 9.30. The van der Waals surface area contributed by atoms with Gasteiger partial charge in [-0.2, -0.15) is 0 Å². The predicted octanol–water partition coefficient (Wildman–Crippen LogP) is 2.69. The Morgan fingerprint density at radius 1 is 1.58 bits per heavy atom. The lowest BCUT2D eigenvalue weighted by Gasteiger charge is -2.05. The minimum atomic E-state index is -2.80. The van der Waals surface area contributed by atoms with E-state index in [4.69, 9.17) is 16.7 Å². The summed E-state index contributed by atoms with van der Waals surface area (Å²) in [5.41, 5.74) is -0.204. The molecule has 0 amide bonds.